The van der Waals surface area contributed by atoms with Crippen molar-refractivity contribution in [3.8, 4) is 11.6 Å². The second kappa shape index (κ2) is 11.6. The predicted molar refractivity (Wildman–Crippen MR) is 146 cm³/mol. The third-order valence-corrected chi connectivity index (χ3v) is 9.22. The third kappa shape index (κ3) is 6.75. The van der Waals surface area contributed by atoms with Crippen molar-refractivity contribution < 1.29 is 27.2 Å². The first-order valence-corrected chi connectivity index (χ1v) is 14.8. The van der Waals surface area contributed by atoms with E-state index in [-0.39, 0.29) is 15.6 Å². The lowest BCUT2D eigenvalue weighted by atomic mass is 10.1. The van der Waals surface area contributed by atoms with Gasteiger partial charge in [0.25, 0.3) is 0 Å². The highest BCUT2D eigenvalue weighted by Crippen LogP contribution is 2.30. The number of nitrogens with zero attached hydrogens (tertiary/aromatic N) is 2. The molecule has 4 aromatic rings. The van der Waals surface area contributed by atoms with Crippen molar-refractivity contribution >= 4 is 31.7 Å². The molecule has 1 aliphatic rings. The Balaban J connectivity index is 0.000000219. The van der Waals surface area contributed by atoms with E-state index in [1.807, 2.05) is 31.2 Å². The first kappa shape index (κ1) is 27.7. The van der Waals surface area contributed by atoms with Gasteiger partial charge in [-0.2, -0.15) is 0 Å². The molecule has 200 valence electrons. The van der Waals surface area contributed by atoms with E-state index in [9.17, 15) is 13.0 Å². The normalized spacial score (nSPS) is 13.9. The highest BCUT2D eigenvalue weighted by molar-refractivity contribution is 7.86. The molecule has 1 heterocycles. The second-order valence-electron chi connectivity index (χ2n) is 9.25. The van der Waals surface area contributed by atoms with Gasteiger partial charge >= 0.3 is 0 Å². The van der Waals surface area contributed by atoms with Crippen molar-refractivity contribution in [2.45, 2.75) is 55.3 Å². The summed E-state index contributed by atoms with van der Waals surface area (Å²) in [5.74, 6) is 1.34. The van der Waals surface area contributed by atoms with E-state index in [2.05, 4.69) is 28.2 Å². The van der Waals surface area contributed by atoms with Crippen molar-refractivity contribution in [3.05, 3.63) is 83.2 Å². The summed E-state index contributed by atoms with van der Waals surface area (Å²) in [6, 6.07) is 17.4. The number of aromatic nitrogens is 2. The fraction of sp³-hybridized carbons (Fsp3) is 0.286. The number of nitrogens with two attached hydrogens (primary N) is 1. The van der Waals surface area contributed by atoms with Crippen LogP contribution in [0.25, 0.3) is 10.9 Å². The molecule has 1 saturated carbocycles. The third-order valence-electron chi connectivity index (χ3n) is 6.09. The zero-order valence-corrected chi connectivity index (χ0v) is 23.4. The molecule has 1 atom stereocenters. The molecule has 0 saturated heterocycles. The van der Waals surface area contributed by atoms with Gasteiger partial charge in [-0.15, -0.1) is 0 Å². The van der Waals surface area contributed by atoms with Crippen LogP contribution in [-0.2, 0) is 27.4 Å². The Hall–Kier alpha value is -3.34. The predicted octanol–water partition coefficient (Wildman–Crippen LogP) is 3.82. The molecular weight excluding hydrogens is 522 g/mol. The molecule has 3 aromatic carbocycles. The Bertz CT molecular complexity index is 1580. The van der Waals surface area contributed by atoms with Crippen LogP contribution < -0.4 is 14.3 Å². The number of fused-ring (bicyclic) bond motifs is 1. The molecule has 0 amide bonds. The van der Waals surface area contributed by atoms with Crippen LogP contribution in [0.4, 0.5) is 0 Å². The molecule has 1 unspecified atom stereocenters. The van der Waals surface area contributed by atoms with Crippen LogP contribution in [0.3, 0.4) is 0 Å². The van der Waals surface area contributed by atoms with Gasteiger partial charge in [0, 0.05) is 6.07 Å². The minimum atomic E-state index is -4.33. The highest BCUT2D eigenvalue weighted by atomic mass is 32.2. The van der Waals surface area contributed by atoms with Crippen molar-refractivity contribution in [3.63, 3.8) is 0 Å². The SMILES string of the molecule is COc1ccc2c(OCc3cccc(S(=[NH2+])C4CC4)c3)ncnc2c1.Cc1cc(C)c(S(=O)(=O)[O-])c(C)c1. The van der Waals surface area contributed by atoms with Crippen LogP contribution >= 0.6 is 0 Å². The molecular formula is C28H31N3O5S2. The largest absolute Gasteiger partial charge is 0.744 e. The zero-order valence-electron chi connectivity index (χ0n) is 21.8. The number of hydrogen-bond acceptors (Lipinski definition) is 7. The summed E-state index contributed by atoms with van der Waals surface area (Å²) >= 11 is 0. The van der Waals surface area contributed by atoms with Gasteiger partial charge in [-0.25, -0.2) is 23.2 Å². The van der Waals surface area contributed by atoms with Gasteiger partial charge in [0.1, 0.15) is 28.8 Å². The minimum Gasteiger partial charge on any atom is -0.744 e. The van der Waals surface area contributed by atoms with Crippen LogP contribution in [0.15, 0.2) is 70.7 Å². The molecule has 8 nitrogen and oxygen atoms in total. The molecule has 1 aliphatic carbocycles. The van der Waals surface area contributed by atoms with Gasteiger partial charge in [0.15, 0.2) is 0 Å². The summed E-state index contributed by atoms with van der Waals surface area (Å²) in [6.07, 6.45) is 4.01. The molecule has 10 heteroatoms. The number of benzene rings is 3. The number of hydrogen-bond donors (Lipinski definition) is 1. The van der Waals surface area contributed by atoms with Gasteiger partial charge in [0.2, 0.25) is 5.88 Å². The maximum Gasteiger partial charge on any atom is 0.224 e. The van der Waals surface area contributed by atoms with Gasteiger partial charge < -0.3 is 14.0 Å². The Morgan fingerprint density at radius 3 is 2.37 bits per heavy atom. The molecule has 1 aromatic heterocycles. The van der Waals surface area contributed by atoms with Gasteiger partial charge in [-0.05, 0) is 74.6 Å². The van der Waals surface area contributed by atoms with E-state index in [0.717, 1.165) is 27.8 Å². The molecule has 0 bridgehead atoms. The van der Waals surface area contributed by atoms with Crippen LogP contribution in [0, 0.1) is 20.8 Å². The standard InChI is InChI=1S/C19H19N3O2S.C9H12O3S/c1-23-14-5-8-17-18(10-14)21-12-22-19(17)24-11-13-3-2-4-16(9-13)25(20)15-6-7-15;1-6-4-7(2)9(8(3)5-6)13(10,11)12/h2-5,8-10,12,15,20H,6-7,11H2,1H3;4-5H,1-3H3,(H,10,11,12). The van der Waals surface area contributed by atoms with E-state index in [4.69, 9.17) is 14.3 Å². The van der Waals surface area contributed by atoms with E-state index in [1.165, 1.54) is 24.1 Å². The van der Waals surface area contributed by atoms with Crippen LogP contribution in [0.2, 0.25) is 0 Å². The lowest BCUT2D eigenvalue weighted by Crippen LogP contribution is -2.36. The van der Waals surface area contributed by atoms with E-state index in [1.54, 1.807) is 33.1 Å². The van der Waals surface area contributed by atoms with Crippen molar-refractivity contribution in [1.29, 1.82) is 0 Å². The maximum atomic E-state index is 10.8. The number of methoxy groups -OCH3 is 1. The van der Waals surface area contributed by atoms with Crippen molar-refractivity contribution in [2.75, 3.05) is 7.11 Å². The summed E-state index contributed by atoms with van der Waals surface area (Å²) in [5, 5.41) is 1.54. The molecule has 0 radical (unpaired) electrons. The summed E-state index contributed by atoms with van der Waals surface area (Å²) in [7, 11) is -2.85. The lowest BCUT2D eigenvalue weighted by molar-refractivity contribution is -0.0760. The monoisotopic (exact) mass is 553 g/mol. The van der Waals surface area contributed by atoms with Crippen molar-refractivity contribution in [1.82, 2.24) is 9.97 Å². The van der Waals surface area contributed by atoms with Crippen molar-refractivity contribution in [2.24, 2.45) is 0 Å². The summed E-state index contributed by atoms with van der Waals surface area (Å²) < 4.78 is 50.0. The summed E-state index contributed by atoms with van der Waals surface area (Å²) in [4.78, 5) is 9.68. The number of rotatable bonds is 7. The average molecular weight is 554 g/mol. The summed E-state index contributed by atoms with van der Waals surface area (Å²) in [6.45, 7) is 5.57. The molecule has 5 rings (SSSR count). The fourth-order valence-electron chi connectivity index (χ4n) is 4.26. The second-order valence-corrected chi connectivity index (χ2v) is 12.4. The van der Waals surface area contributed by atoms with Gasteiger partial charge in [-0.1, -0.05) is 29.8 Å². The molecule has 0 spiro atoms. The highest BCUT2D eigenvalue weighted by Gasteiger charge is 2.30. The van der Waals surface area contributed by atoms with E-state index in [0.29, 0.717) is 28.9 Å². The maximum absolute atomic E-state index is 10.8. The first-order valence-electron chi connectivity index (χ1n) is 12.1. The Labute approximate surface area is 225 Å². The van der Waals surface area contributed by atoms with Crippen LogP contribution in [0.1, 0.15) is 35.1 Å². The molecule has 2 N–H and O–H groups in total. The Kier molecular flexibility index (Phi) is 8.44. The van der Waals surface area contributed by atoms with Gasteiger partial charge in [0.05, 0.1) is 43.7 Å². The van der Waals surface area contributed by atoms with E-state index < -0.39 is 10.1 Å². The lowest BCUT2D eigenvalue weighted by Gasteiger charge is -2.14. The fourth-order valence-corrected chi connectivity index (χ4v) is 6.72. The minimum absolute atomic E-state index is 0.0851. The quantitative estimate of drug-likeness (QED) is 0.345. The van der Waals surface area contributed by atoms with Gasteiger partial charge in [-0.3, -0.25) is 0 Å². The molecule has 0 aliphatic heterocycles. The zero-order chi connectivity index (χ0) is 27.4. The summed E-state index contributed by atoms with van der Waals surface area (Å²) in [5.41, 5.74) is 3.90. The Morgan fingerprint density at radius 2 is 1.74 bits per heavy atom. The average Bonchev–Trinajstić information content (AvgIpc) is 3.71. The van der Waals surface area contributed by atoms with Crippen LogP contribution in [0.5, 0.6) is 11.6 Å². The molecule has 1 fully saturated rings. The molecule has 38 heavy (non-hydrogen) atoms. The van der Waals surface area contributed by atoms with E-state index >= 15 is 0 Å². The first-order chi connectivity index (χ1) is 18.1. The smallest absolute Gasteiger partial charge is 0.224 e. The topological polar surface area (TPSA) is 127 Å². The van der Waals surface area contributed by atoms with Crippen LogP contribution in [-0.4, -0.2) is 35.3 Å². The number of aryl methyl sites for hydroxylation is 3. The number of ether oxygens (including phenoxy) is 2. The Morgan fingerprint density at radius 1 is 1.03 bits per heavy atom.